The molecule has 0 radical (unpaired) electrons. The first-order valence-electron chi connectivity index (χ1n) is 8.23. The van der Waals surface area contributed by atoms with Gasteiger partial charge in [-0.25, -0.2) is 0 Å². The largest absolute Gasteiger partial charge is 0.356 e. The van der Waals surface area contributed by atoms with Crippen LogP contribution in [0.4, 0.5) is 0 Å². The van der Waals surface area contributed by atoms with Gasteiger partial charge in [-0.3, -0.25) is 4.90 Å². The van der Waals surface area contributed by atoms with Gasteiger partial charge in [0.05, 0.1) is 5.69 Å². The van der Waals surface area contributed by atoms with Crippen molar-refractivity contribution in [3.05, 3.63) is 66.4 Å². The Bertz CT molecular complexity index is 691. The van der Waals surface area contributed by atoms with Crippen LogP contribution in [-0.4, -0.2) is 29.2 Å². The molecule has 0 saturated heterocycles. The minimum Gasteiger partial charge on any atom is -0.356 e. The highest BCUT2D eigenvalue weighted by molar-refractivity contribution is 5.64. The number of aromatic nitrogens is 1. The van der Waals surface area contributed by atoms with Crippen LogP contribution in [0.25, 0.3) is 11.3 Å². The van der Waals surface area contributed by atoms with Crippen molar-refractivity contribution in [2.45, 2.75) is 32.2 Å². The van der Waals surface area contributed by atoms with Gasteiger partial charge in [-0.05, 0) is 37.3 Å². The molecule has 3 nitrogen and oxygen atoms in total. The van der Waals surface area contributed by atoms with E-state index in [9.17, 15) is 0 Å². The summed E-state index contributed by atoms with van der Waals surface area (Å²) in [6, 6.07) is 9.04. The van der Waals surface area contributed by atoms with Crippen molar-refractivity contribution in [3.63, 3.8) is 0 Å². The van der Waals surface area contributed by atoms with Gasteiger partial charge in [0.25, 0.3) is 0 Å². The molecular weight excluding hydrogens is 284 g/mol. The maximum Gasteiger partial charge on any atom is 0.167 e. The van der Waals surface area contributed by atoms with E-state index in [4.69, 9.17) is 4.52 Å². The molecule has 1 unspecified atom stereocenters. The molecule has 0 aliphatic heterocycles. The lowest BCUT2D eigenvalue weighted by Crippen LogP contribution is -2.39. The predicted molar refractivity (Wildman–Crippen MR) is 94.5 cm³/mol. The molecule has 0 saturated carbocycles. The molecule has 0 fully saturated rings. The van der Waals surface area contributed by atoms with Crippen LogP contribution in [0.5, 0.6) is 0 Å². The molecule has 120 valence electrons. The molecule has 0 bridgehead atoms. The molecule has 0 N–H and O–H groups in total. The average Bonchev–Trinajstić information content (AvgIpc) is 3.00. The molecule has 3 heteroatoms. The maximum absolute atomic E-state index is 5.51. The Labute approximate surface area is 138 Å². The summed E-state index contributed by atoms with van der Waals surface area (Å²) in [5.74, 6) is 0.874. The van der Waals surface area contributed by atoms with Crippen LogP contribution in [0.15, 0.2) is 54.1 Å². The topological polar surface area (TPSA) is 29.3 Å². The number of fused-ring (bicyclic) bond motifs is 1. The molecule has 1 aromatic heterocycles. The third-order valence-electron chi connectivity index (χ3n) is 4.60. The van der Waals surface area contributed by atoms with Crippen molar-refractivity contribution in [2.75, 3.05) is 13.1 Å². The van der Waals surface area contributed by atoms with E-state index in [0.29, 0.717) is 6.04 Å². The first kappa shape index (κ1) is 15.8. The highest BCUT2D eigenvalue weighted by atomic mass is 16.5. The van der Waals surface area contributed by atoms with Gasteiger partial charge in [0.15, 0.2) is 5.76 Å². The summed E-state index contributed by atoms with van der Waals surface area (Å²) in [5, 5.41) is 4.04. The quantitative estimate of drug-likeness (QED) is 0.750. The summed E-state index contributed by atoms with van der Waals surface area (Å²) in [5.41, 5.74) is 4.94. The Kier molecular flexibility index (Phi) is 4.77. The van der Waals surface area contributed by atoms with E-state index < -0.39 is 0 Å². The van der Waals surface area contributed by atoms with Crippen LogP contribution in [-0.2, 0) is 12.8 Å². The van der Waals surface area contributed by atoms with Crippen molar-refractivity contribution >= 4 is 0 Å². The van der Waals surface area contributed by atoms with Crippen molar-refractivity contribution < 1.29 is 4.52 Å². The Morgan fingerprint density at radius 2 is 2.09 bits per heavy atom. The monoisotopic (exact) mass is 308 g/mol. The first-order valence-corrected chi connectivity index (χ1v) is 8.23. The van der Waals surface area contributed by atoms with E-state index in [0.717, 1.165) is 37.4 Å². The minimum absolute atomic E-state index is 0.517. The van der Waals surface area contributed by atoms with E-state index in [2.05, 4.69) is 41.4 Å². The summed E-state index contributed by atoms with van der Waals surface area (Å²) in [6.07, 6.45) is 7.27. The predicted octanol–water partition coefficient (Wildman–Crippen LogP) is 4.18. The molecule has 2 aromatic rings. The fourth-order valence-corrected chi connectivity index (χ4v) is 3.51. The van der Waals surface area contributed by atoms with Gasteiger partial charge in [-0.1, -0.05) is 35.5 Å². The normalized spacial score (nSPS) is 17.0. The molecule has 1 aliphatic carbocycles. The lowest BCUT2D eigenvalue weighted by atomic mass is 9.84. The Morgan fingerprint density at radius 1 is 1.30 bits per heavy atom. The molecule has 0 amide bonds. The lowest BCUT2D eigenvalue weighted by molar-refractivity contribution is 0.220. The summed E-state index contributed by atoms with van der Waals surface area (Å²) >= 11 is 0. The van der Waals surface area contributed by atoms with Gasteiger partial charge in [0.1, 0.15) is 0 Å². The van der Waals surface area contributed by atoms with Crippen LogP contribution in [0.1, 0.15) is 23.2 Å². The van der Waals surface area contributed by atoms with Crippen molar-refractivity contribution in [3.8, 4) is 11.3 Å². The van der Waals surface area contributed by atoms with Gasteiger partial charge in [-0.2, -0.15) is 0 Å². The number of benzene rings is 1. The van der Waals surface area contributed by atoms with Gasteiger partial charge >= 0.3 is 0 Å². The number of nitrogens with zero attached hydrogens (tertiary/aromatic N) is 2. The minimum atomic E-state index is 0.517. The van der Waals surface area contributed by atoms with Gasteiger partial charge < -0.3 is 4.52 Å². The van der Waals surface area contributed by atoms with Crippen molar-refractivity contribution in [1.82, 2.24) is 10.1 Å². The number of rotatable bonds is 6. The molecule has 1 aliphatic rings. The van der Waals surface area contributed by atoms with E-state index in [1.54, 1.807) is 0 Å². The molecule has 23 heavy (non-hydrogen) atoms. The van der Waals surface area contributed by atoms with E-state index in [1.807, 2.05) is 25.1 Å². The van der Waals surface area contributed by atoms with Crippen molar-refractivity contribution in [1.29, 1.82) is 0 Å². The average molecular weight is 308 g/mol. The summed E-state index contributed by atoms with van der Waals surface area (Å²) in [6.45, 7) is 11.5. The third kappa shape index (κ3) is 3.30. The van der Waals surface area contributed by atoms with E-state index >= 15 is 0 Å². The molecule has 0 spiro atoms. The maximum atomic E-state index is 5.51. The molecule has 1 atom stereocenters. The number of hydrogen-bond acceptors (Lipinski definition) is 3. The summed E-state index contributed by atoms with van der Waals surface area (Å²) in [4.78, 5) is 2.45. The highest BCUT2D eigenvalue weighted by Crippen LogP contribution is 2.33. The second kappa shape index (κ2) is 6.97. The van der Waals surface area contributed by atoms with Crippen molar-refractivity contribution in [2.24, 2.45) is 0 Å². The second-order valence-electron chi connectivity index (χ2n) is 6.20. The fraction of sp³-hybridized carbons (Fsp3) is 0.350. The summed E-state index contributed by atoms with van der Waals surface area (Å²) < 4.78 is 5.51. The Morgan fingerprint density at radius 3 is 2.74 bits per heavy atom. The lowest BCUT2D eigenvalue weighted by Gasteiger charge is -2.34. The van der Waals surface area contributed by atoms with E-state index in [-0.39, 0.29) is 0 Å². The standard InChI is InChI=1S/C20H24N2O/c1-4-11-22(12-5-2)17-10-9-16-7-6-8-18(19(16)14-17)20-13-15(3)21-23-20/h4-8,13,17H,1-2,9-12,14H2,3H3. The molecular formula is C20H24N2O. The fourth-order valence-electron chi connectivity index (χ4n) is 3.51. The SMILES string of the molecule is C=CCN(CC=C)C1CCc2cccc(-c3cc(C)no3)c2C1. The van der Waals surface area contributed by atoms with Crippen LogP contribution < -0.4 is 0 Å². The zero-order chi connectivity index (χ0) is 16.2. The van der Waals surface area contributed by atoms with Crippen LogP contribution in [0.2, 0.25) is 0 Å². The smallest absolute Gasteiger partial charge is 0.167 e. The molecule has 1 heterocycles. The Hall–Kier alpha value is -2.13. The zero-order valence-corrected chi connectivity index (χ0v) is 13.8. The second-order valence-corrected chi connectivity index (χ2v) is 6.20. The van der Waals surface area contributed by atoms with Gasteiger partial charge in [0, 0.05) is 30.8 Å². The number of hydrogen-bond donors (Lipinski definition) is 0. The Balaban J connectivity index is 1.92. The van der Waals surface area contributed by atoms with Crippen LogP contribution in [0.3, 0.4) is 0 Å². The molecule has 1 aromatic carbocycles. The van der Waals surface area contributed by atoms with Crippen LogP contribution in [0, 0.1) is 6.92 Å². The van der Waals surface area contributed by atoms with E-state index in [1.165, 1.54) is 23.1 Å². The van der Waals surface area contributed by atoms with Crippen LogP contribution >= 0.6 is 0 Å². The first-order chi connectivity index (χ1) is 11.2. The van der Waals surface area contributed by atoms with Gasteiger partial charge in [-0.15, -0.1) is 13.2 Å². The highest BCUT2D eigenvalue weighted by Gasteiger charge is 2.25. The zero-order valence-electron chi connectivity index (χ0n) is 13.8. The third-order valence-corrected chi connectivity index (χ3v) is 4.60. The number of aryl methyl sites for hydroxylation is 2. The summed E-state index contributed by atoms with van der Waals surface area (Å²) in [7, 11) is 0. The van der Waals surface area contributed by atoms with Gasteiger partial charge in [0.2, 0.25) is 0 Å². The molecule has 3 rings (SSSR count).